The lowest BCUT2D eigenvalue weighted by Gasteiger charge is -2.11. The number of aliphatic imine (C=N–C) groups is 2. The number of benzene rings is 3. The fourth-order valence-electron chi connectivity index (χ4n) is 3.23. The first-order valence-corrected chi connectivity index (χ1v) is 13.0. The van der Waals surface area contributed by atoms with E-state index in [1.165, 1.54) is 17.5 Å². The Morgan fingerprint density at radius 1 is 0.622 bits per heavy atom. The lowest BCUT2D eigenvalue weighted by atomic mass is 10.1. The van der Waals surface area contributed by atoms with E-state index in [1.54, 1.807) is 7.05 Å². The van der Waals surface area contributed by atoms with Gasteiger partial charge in [0.15, 0.2) is 0 Å². The van der Waals surface area contributed by atoms with Gasteiger partial charge in [0.25, 0.3) is 0 Å². The van der Waals surface area contributed by atoms with E-state index in [0.29, 0.717) is 6.04 Å². The number of anilines is 3. The highest BCUT2D eigenvalue weighted by Gasteiger charge is 1.99. The number of aryl methyl sites for hydroxylation is 2. The molecule has 1 aliphatic rings. The molecule has 0 saturated heterocycles. The van der Waals surface area contributed by atoms with E-state index in [9.17, 15) is 0 Å². The first kappa shape index (κ1) is 29.3. The maximum Gasteiger partial charge on any atom is 0.0638 e. The number of rotatable bonds is 5. The van der Waals surface area contributed by atoms with Gasteiger partial charge < -0.3 is 10.6 Å². The standard InChI is InChI=1S/C16H20N2.C14H14N2.C3H8/c1-12(2)17-14-8-10-16(11-9-14)18-15-6-4-13(3)5-7-15;1-11-3-5-13(6-4-11)16-14-9-7-12(15-2)8-10-14;1-3-2/h4-12,17-18H,1-3H3;3-10H,1-2H3;3H2,1-2H3. The van der Waals surface area contributed by atoms with Gasteiger partial charge in [-0.25, -0.2) is 4.99 Å². The van der Waals surface area contributed by atoms with Crippen LogP contribution in [0.5, 0.6) is 0 Å². The molecule has 3 aromatic rings. The fraction of sp³-hybridized carbons (Fsp3) is 0.273. The third-order valence-electron chi connectivity index (χ3n) is 5.08. The van der Waals surface area contributed by atoms with Gasteiger partial charge in [-0.15, -0.1) is 0 Å². The van der Waals surface area contributed by atoms with E-state index in [0.717, 1.165) is 34.2 Å². The summed E-state index contributed by atoms with van der Waals surface area (Å²) in [5, 5.41) is 6.76. The highest BCUT2D eigenvalue weighted by atomic mass is 14.9. The summed E-state index contributed by atoms with van der Waals surface area (Å²) in [6, 6.07) is 25.4. The molecule has 1 aliphatic carbocycles. The van der Waals surface area contributed by atoms with Crippen LogP contribution in [0.4, 0.5) is 22.7 Å². The molecule has 0 unspecified atom stereocenters. The molecule has 0 fully saturated rings. The van der Waals surface area contributed by atoms with Crippen molar-refractivity contribution in [3.05, 3.63) is 108 Å². The van der Waals surface area contributed by atoms with Gasteiger partial charge in [-0.1, -0.05) is 55.7 Å². The summed E-state index contributed by atoms with van der Waals surface area (Å²) < 4.78 is 0. The Hall–Kier alpha value is -3.92. The molecule has 0 amide bonds. The van der Waals surface area contributed by atoms with E-state index in [1.807, 2.05) is 36.4 Å². The van der Waals surface area contributed by atoms with Crippen LogP contribution in [-0.4, -0.2) is 24.5 Å². The van der Waals surface area contributed by atoms with E-state index >= 15 is 0 Å². The molecule has 194 valence electrons. The van der Waals surface area contributed by atoms with Gasteiger partial charge >= 0.3 is 0 Å². The van der Waals surface area contributed by atoms with Crippen LogP contribution in [0.15, 0.2) is 107 Å². The van der Waals surface area contributed by atoms with Crippen molar-refractivity contribution in [2.24, 2.45) is 9.98 Å². The van der Waals surface area contributed by atoms with E-state index in [-0.39, 0.29) is 0 Å². The Balaban J connectivity index is 0.000000237. The van der Waals surface area contributed by atoms with Crippen LogP contribution in [0.1, 0.15) is 45.2 Å². The molecule has 0 spiro atoms. The normalized spacial score (nSPS) is 11.7. The zero-order valence-electron chi connectivity index (χ0n) is 23.4. The topological polar surface area (TPSA) is 48.8 Å². The monoisotopic (exact) mass is 494 g/mol. The van der Waals surface area contributed by atoms with Gasteiger partial charge in [0.05, 0.1) is 17.1 Å². The van der Waals surface area contributed by atoms with Crippen LogP contribution in [0.3, 0.4) is 0 Å². The third-order valence-corrected chi connectivity index (χ3v) is 5.08. The second kappa shape index (κ2) is 15.9. The molecule has 4 nitrogen and oxygen atoms in total. The zero-order chi connectivity index (χ0) is 27.0. The Kier molecular flexibility index (Phi) is 12.6. The quantitative estimate of drug-likeness (QED) is 0.347. The van der Waals surface area contributed by atoms with Crippen LogP contribution in [0.25, 0.3) is 0 Å². The zero-order valence-corrected chi connectivity index (χ0v) is 23.4. The molecule has 0 saturated carbocycles. The number of hydrogen-bond acceptors (Lipinski definition) is 4. The summed E-state index contributed by atoms with van der Waals surface area (Å²) in [7, 11) is 1.78. The molecule has 37 heavy (non-hydrogen) atoms. The molecule has 0 aliphatic heterocycles. The predicted molar refractivity (Wildman–Crippen MR) is 166 cm³/mol. The van der Waals surface area contributed by atoms with Crippen molar-refractivity contribution in [1.29, 1.82) is 0 Å². The van der Waals surface area contributed by atoms with Crippen molar-refractivity contribution in [2.45, 2.75) is 54.0 Å². The first-order valence-electron chi connectivity index (χ1n) is 13.0. The molecular formula is C33H42N4. The minimum atomic E-state index is 0.459. The number of nitrogens with one attached hydrogen (secondary N) is 2. The minimum Gasteiger partial charge on any atom is -0.383 e. The molecule has 3 aromatic carbocycles. The largest absolute Gasteiger partial charge is 0.383 e. The number of hydrogen-bond donors (Lipinski definition) is 2. The third kappa shape index (κ3) is 11.6. The van der Waals surface area contributed by atoms with Gasteiger partial charge in [-0.05, 0) is 101 Å². The van der Waals surface area contributed by atoms with Gasteiger partial charge in [0.2, 0.25) is 0 Å². The van der Waals surface area contributed by atoms with Gasteiger partial charge in [-0.2, -0.15) is 0 Å². The van der Waals surface area contributed by atoms with Crippen molar-refractivity contribution < 1.29 is 0 Å². The summed E-state index contributed by atoms with van der Waals surface area (Å²) >= 11 is 0. The maximum absolute atomic E-state index is 4.52. The van der Waals surface area contributed by atoms with Gasteiger partial charge in [0.1, 0.15) is 0 Å². The lowest BCUT2D eigenvalue weighted by molar-refractivity contribution is 0.900. The van der Waals surface area contributed by atoms with Gasteiger partial charge in [-0.3, -0.25) is 4.99 Å². The molecule has 2 N–H and O–H groups in total. The highest BCUT2D eigenvalue weighted by molar-refractivity contribution is 6.18. The Labute approximate surface area is 224 Å². The van der Waals surface area contributed by atoms with Crippen LogP contribution >= 0.6 is 0 Å². The van der Waals surface area contributed by atoms with E-state index in [4.69, 9.17) is 0 Å². The van der Waals surface area contributed by atoms with Crippen LogP contribution in [-0.2, 0) is 0 Å². The van der Waals surface area contributed by atoms with E-state index < -0.39 is 0 Å². The second-order valence-electron chi connectivity index (χ2n) is 9.26. The molecule has 4 heteroatoms. The molecular weight excluding hydrogens is 452 g/mol. The van der Waals surface area contributed by atoms with Crippen molar-refractivity contribution in [3.63, 3.8) is 0 Å². The predicted octanol–water partition coefficient (Wildman–Crippen LogP) is 9.24. The van der Waals surface area contributed by atoms with E-state index in [2.05, 4.69) is 123 Å². The Bertz CT molecular complexity index is 1160. The smallest absolute Gasteiger partial charge is 0.0638 e. The maximum atomic E-state index is 4.52. The van der Waals surface area contributed by atoms with Crippen molar-refractivity contribution in [3.8, 4) is 0 Å². The van der Waals surface area contributed by atoms with Crippen LogP contribution in [0, 0.1) is 13.8 Å². The van der Waals surface area contributed by atoms with Crippen LogP contribution < -0.4 is 10.6 Å². The van der Waals surface area contributed by atoms with Gasteiger partial charge in [0, 0.05) is 30.2 Å². The summed E-state index contributed by atoms with van der Waals surface area (Å²) in [6.07, 6.45) is 9.13. The Morgan fingerprint density at radius 3 is 1.49 bits per heavy atom. The Morgan fingerprint density at radius 2 is 1.03 bits per heavy atom. The summed E-state index contributed by atoms with van der Waals surface area (Å²) in [5.41, 5.74) is 8.81. The fourth-order valence-corrected chi connectivity index (χ4v) is 3.23. The summed E-state index contributed by atoms with van der Waals surface area (Å²) in [4.78, 5) is 8.60. The van der Waals surface area contributed by atoms with Crippen molar-refractivity contribution >= 4 is 34.2 Å². The van der Waals surface area contributed by atoms with Crippen molar-refractivity contribution in [1.82, 2.24) is 0 Å². The molecule has 0 heterocycles. The SMILES string of the molecule is CCC.CN=C1C=CC(=Nc2ccc(C)cc2)C=C1.Cc1ccc(Nc2ccc(NC(C)C)cc2)cc1. The average Bonchev–Trinajstić information content (AvgIpc) is 2.89. The highest BCUT2D eigenvalue weighted by Crippen LogP contribution is 2.19. The lowest BCUT2D eigenvalue weighted by Crippen LogP contribution is -2.09. The summed E-state index contributed by atoms with van der Waals surface area (Å²) in [5.74, 6) is 0. The first-order chi connectivity index (χ1) is 17.8. The molecule has 4 rings (SSSR count). The number of allylic oxidation sites excluding steroid dienone is 4. The molecule has 0 atom stereocenters. The molecule has 0 aromatic heterocycles. The molecule has 0 bridgehead atoms. The number of nitrogens with zero attached hydrogens (tertiary/aromatic N) is 2. The van der Waals surface area contributed by atoms with Crippen molar-refractivity contribution in [2.75, 3.05) is 17.7 Å². The average molecular weight is 495 g/mol. The molecule has 0 radical (unpaired) electrons. The second-order valence-corrected chi connectivity index (χ2v) is 9.26. The summed E-state index contributed by atoms with van der Waals surface area (Å²) in [6.45, 7) is 12.7. The van der Waals surface area contributed by atoms with Crippen LogP contribution in [0.2, 0.25) is 0 Å². The minimum absolute atomic E-state index is 0.459.